The topological polar surface area (TPSA) is 49.4 Å². The Balaban J connectivity index is 2.04. The summed E-state index contributed by atoms with van der Waals surface area (Å²) in [5, 5.41) is 1.84. The number of likely N-dealkylation sites (N-methyl/N-ethyl adjacent to an activating group) is 1. The van der Waals surface area contributed by atoms with Crippen molar-refractivity contribution in [3.05, 3.63) is 50.1 Å². The molecular formula is C15H11Cl2F3N2O2S. The van der Waals surface area contributed by atoms with E-state index in [-0.39, 0.29) is 12.2 Å². The van der Waals surface area contributed by atoms with Crippen molar-refractivity contribution < 1.29 is 22.8 Å². The minimum absolute atomic E-state index is 0.0678. The number of nitrogens with zero attached hydrogens (tertiary/aromatic N) is 1. The minimum atomic E-state index is -4.64. The van der Waals surface area contributed by atoms with Crippen LogP contribution in [0.3, 0.4) is 0 Å². The number of hydrogen-bond donors (Lipinski definition) is 1. The molecule has 1 N–H and O–H groups in total. The first-order valence-corrected chi connectivity index (χ1v) is 8.32. The summed E-state index contributed by atoms with van der Waals surface area (Å²) in [6.07, 6.45) is -4.64. The number of nitrogens with one attached hydrogen (secondary N) is 1. The van der Waals surface area contributed by atoms with Crippen LogP contribution in [-0.2, 0) is 11.0 Å². The molecular weight excluding hydrogens is 400 g/mol. The Hall–Kier alpha value is -1.77. The third-order valence-electron chi connectivity index (χ3n) is 3.07. The average molecular weight is 411 g/mol. The fraction of sp³-hybridized carbons (Fsp3) is 0.200. The first-order valence-electron chi connectivity index (χ1n) is 6.75. The lowest BCUT2D eigenvalue weighted by molar-refractivity contribution is -0.137. The van der Waals surface area contributed by atoms with E-state index in [4.69, 9.17) is 23.2 Å². The monoisotopic (exact) mass is 410 g/mol. The largest absolute Gasteiger partial charge is 0.417 e. The minimum Gasteiger partial charge on any atom is -0.332 e. The van der Waals surface area contributed by atoms with Crippen LogP contribution in [0.2, 0.25) is 9.36 Å². The Morgan fingerprint density at radius 1 is 1.20 bits per heavy atom. The number of anilines is 1. The van der Waals surface area contributed by atoms with Crippen LogP contribution < -0.4 is 5.32 Å². The second kappa shape index (κ2) is 7.63. The van der Waals surface area contributed by atoms with Gasteiger partial charge in [-0.25, -0.2) is 0 Å². The van der Waals surface area contributed by atoms with E-state index in [2.05, 4.69) is 5.32 Å². The number of carbonyl (C=O) groups excluding carboxylic acids is 2. The van der Waals surface area contributed by atoms with Crippen molar-refractivity contribution in [2.45, 2.75) is 6.18 Å². The predicted molar refractivity (Wildman–Crippen MR) is 91.4 cm³/mol. The van der Waals surface area contributed by atoms with Crippen molar-refractivity contribution in [2.24, 2.45) is 0 Å². The van der Waals surface area contributed by atoms with Gasteiger partial charge in [0.2, 0.25) is 5.91 Å². The van der Waals surface area contributed by atoms with E-state index in [9.17, 15) is 22.8 Å². The zero-order valence-electron chi connectivity index (χ0n) is 12.7. The number of thiophene rings is 1. The SMILES string of the molecule is CN(CC(=O)Nc1ccc(Cl)c(C(F)(F)F)c1)C(=O)c1ccc(Cl)s1. The maximum Gasteiger partial charge on any atom is 0.417 e. The molecule has 134 valence electrons. The number of rotatable bonds is 4. The summed E-state index contributed by atoms with van der Waals surface area (Å²) < 4.78 is 38.9. The maximum atomic E-state index is 12.8. The zero-order chi connectivity index (χ0) is 18.8. The summed E-state index contributed by atoms with van der Waals surface area (Å²) in [4.78, 5) is 25.6. The number of amides is 2. The van der Waals surface area contributed by atoms with Crippen molar-refractivity contribution in [1.82, 2.24) is 4.90 Å². The quantitative estimate of drug-likeness (QED) is 0.787. The third-order valence-corrected chi connectivity index (χ3v) is 4.62. The molecule has 0 atom stereocenters. The van der Waals surface area contributed by atoms with E-state index >= 15 is 0 Å². The molecule has 0 saturated carbocycles. The van der Waals surface area contributed by atoms with Crippen LogP contribution >= 0.6 is 34.5 Å². The fourth-order valence-electron chi connectivity index (χ4n) is 1.93. The highest BCUT2D eigenvalue weighted by Gasteiger charge is 2.33. The van der Waals surface area contributed by atoms with E-state index in [1.165, 1.54) is 19.2 Å². The van der Waals surface area contributed by atoms with Crippen molar-refractivity contribution in [3.63, 3.8) is 0 Å². The van der Waals surface area contributed by atoms with Crippen molar-refractivity contribution >= 4 is 52.0 Å². The van der Waals surface area contributed by atoms with Gasteiger partial charge in [-0.05, 0) is 30.3 Å². The molecule has 0 unspecified atom stereocenters. The summed E-state index contributed by atoms with van der Waals surface area (Å²) in [6, 6.07) is 6.11. The van der Waals surface area contributed by atoms with E-state index in [1.54, 1.807) is 6.07 Å². The Bertz CT molecular complexity index is 808. The van der Waals surface area contributed by atoms with Crippen molar-refractivity contribution in [3.8, 4) is 0 Å². The number of alkyl halides is 3. The zero-order valence-corrected chi connectivity index (χ0v) is 15.0. The highest BCUT2D eigenvalue weighted by molar-refractivity contribution is 7.17. The molecule has 4 nitrogen and oxygen atoms in total. The molecule has 0 saturated heterocycles. The molecule has 2 aromatic rings. The molecule has 0 spiro atoms. The predicted octanol–water partition coefficient (Wildman–Crippen LogP) is 4.78. The molecule has 2 rings (SSSR count). The molecule has 0 radical (unpaired) electrons. The molecule has 0 aliphatic rings. The van der Waals surface area contributed by atoms with Crippen LogP contribution in [0.25, 0.3) is 0 Å². The standard InChI is InChI=1S/C15H11Cl2F3N2O2S/c1-22(14(24)11-4-5-12(17)25-11)7-13(23)21-8-2-3-10(16)9(6-8)15(18,19)20/h2-6H,7H2,1H3,(H,21,23). The Labute approximate surface area is 155 Å². The summed E-state index contributed by atoms with van der Waals surface area (Å²) in [5.74, 6) is -1.06. The molecule has 2 amide bonds. The van der Waals surface area contributed by atoms with Gasteiger partial charge in [-0.1, -0.05) is 23.2 Å². The fourth-order valence-corrected chi connectivity index (χ4v) is 3.19. The number of benzene rings is 1. The molecule has 0 aliphatic heterocycles. The van der Waals surface area contributed by atoms with E-state index in [0.29, 0.717) is 9.21 Å². The van der Waals surface area contributed by atoms with Crippen LogP contribution in [0.4, 0.5) is 18.9 Å². The van der Waals surface area contributed by atoms with Gasteiger partial charge in [-0.2, -0.15) is 13.2 Å². The van der Waals surface area contributed by atoms with E-state index < -0.39 is 28.6 Å². The number of carbonyl (C=O) groups is 2. The Morgan fingerprint density at radius 2 is 1.88 bits per heavy atom. The Kier molecular flexibility index (Phi) is 5.97. The third kappa shape index (κ3) is 5.10. The maximum absolute atomic E-state index is 12.8. The van der Waals surface area contributed by atoms with Gasteiger partial charge in [0.25, 0.3) is 5.91 Å². The van der Waals surface area contributed by atoms with Crippen LogP contribution in [0.5, 0.6) is 0 Å². The Morgan fingerprint density at radius 3 is 2.44 bits per heavy atom. The van der Waals surface area contributed by atoms with Gasteiger partial charge in [0.15, 0.2) is 0 Å². The van der Waals surface area contributed by atoms with Crippen LogP contribution in [0.1, 0.15) is 15.2 Å². The van der Waals surface area contributed by atoms with Gasteiger partial charge in [0.05, 0.1) is 26.3 Å². The molecule has 10 heteroatoms. The van der Waals surface area contributed by atoms with Gasteiger partial charge < -0.3 is 10.2 Å². The normalized spacial score (nSPS) is 11.3. The molecule has 1 aromatic carbocycles. The van der Waals surface area contributed by atoms with Crippen LogP contribution in [-0.4, -0.2) is 30.3 Å². The molecule has 0 fully saturated rings. The van der Waals surface area contributed by atoms with Crippen LogP contribution in [0.15, 0.2) is 30.3 Å². The van der Waals surface area contributed by atoms with E-state index in [0.717, 1.165) is 28.4 Å². The lowest BCUT2D eigenvalue weighted by Gasteiger charge is -2.16. The number of halogens is 5. The van der Waals surface area contributed by atoms with Gasteiger partial charge in [0.1, 0.15) is 0 Å². The lowest BCUT2D eigenvalue weighted by atomic mass is 10.2. The summed E-state index contributed by atoms with van der Waals surface area (Å²) in [7, 11) is 1.40. The second-order valence-corrected chi connectivity index (χ2v) is 7.13. The molecule has 25 heavy (non-hydrogen) atoms. The summed E-state index contributed by atoms with van der Waals surface area (Å²) >= 11 is 12.3. The highest BCUT2D eigenvalue weighted by Crippen LogP contribution is 2.36. The summed E-state index contributed by atoms with van der Waals surface area (Å²) in [5.41, 5.74) is -1.12. The van der Waals surface area contributed by atoms with Gasteiger partial charge >= 0.3 is 6.18 Å². The summed E-state index contributed by atoms with van der Waals surface area (Å²) in [6.45, 7) is -0.335. The van der Waals surface area contributed by atoms with Gasteiger partial charge in [-0.15, -0.1) is 11.3 Å². The highest BCUT2D eigenvalue weighted by atomic mass is 35.5. The first-order chi connectivity index (χ1) is 11.6. The van der Waals surface area contributed by atoms with Crippen molar-refractivity contribution in [2.75, 3.05) is 18.9 Å². The smallest absolute Gasteiger partial charge is 0.332 e. The van der Waals surface area contributed by atoms with Crippen molar-refractivity contribution in [1.29, 1.82) is 0 Å². The van der Waals surface area contributed by atoms with Gasteiger partial charge in [0, 0.05) is 12.7 Å². The molecule has 1 heterocycles. The number of hydrogen-bond acceptors (Lipinski definition) is 3. The molecule has 0 aliphatic carbocycles. The van der Waals surface area contributed by atoms with E-state index in [1.807, 2.05) is 0 Å². The first kappa shape index (κ1) is 19.6. The lowest BCUT2D eigenvalue weighted by Crippen LogP contribution is -2.34. The van der Waals surface area contributed by atoms with Crippen LogP contribution in [0, 0.1) is 0 Å². The average Bonchev–Trinajstić information content (AvgIpc) is 2.93. The van der Waals surface area contributed by atoms with Gasteiger partial charge in [-0.3, -0.25) is 9.59 Å². The molecule has 0 bridgehead atoms. The second-order valence-electron chi connectivity index (χ2n) is 5.01. The molecule has 1 aromatic heterocycles.